The summed E-state index contributed by atoms with van der Waals surface area (Å²) in [6.45, 7) is 1.89. The molecule has 4 rings (SSSR count). The van der Waals surface area contributed by atoms with E-state index in [2.05, 4.69) is 15.3 Å². The highest BCUT2D eigenvalue weighted by molar-refractivity contribution is 6.30. The topological polar surface area (TPSA) is 90.1 Å². The van der Waals surface area contributed by atoms with Crippen molar-refractivity contribution >= 4 is 29.0 Å². The van der Waals surface area contributed by atoms with Crippen LogP contribution in [-0.4, -0.2) is 15.9 Å². The van der Waals surface area contributed by atoms with E-state index < -0.39 is 0 Å². The van der Waals surface area contributed by atoms with E-state index in [0.29, 0.717) is 27.9 Å². The van der Waals surface area contributed by atoms with Crippen LogP contribution in [0.3, 0.4) is 0 Å². The summed E-state index contributed by atoms with van der Waals surface area (Å²) in [5.74, 6) is 1.05. The molecule has 1 fully saturated rings. The average molecular weight is 409 g/mol. The van der Waals surface area contributed by atoms with E-state index in [4.69, 9.17) is 22.1 Å². The predicted molar refractivity (Wildman–Crippen MR) is 113 cm³/mol. The molecule has 1 amide bonds. The number of amides is 1. The molecule has 0 saturated heterocycles. The summed E-state index contributed by atoms with van der Waals surface area (Å²) in [6.07, 6.45) is 6.92. The van der Waals surface area contributed by atoms with Crippen molar-refractivity contribution in [3.8, 4) is 5.75 Å². The van der Waals surface area contributed by atoms with Gasteiger partial charge in [-0.25, -0.2) is 4.98 Å². The Balaban J connectivity index is 1.47. The van der Waals surface area contributed by atoms with Crippen LogP contribution < -0.4 is 15.8 Å². The van der Waals surface area contributed by atoms with Crippen molar-refractivity contribution in [2.45, 2.75) is 31.8 Å². The van der Waals surface area contributed by atoms with Gasteiger partial charge in [-0.15, -0.1) is 0 Å². The minimum absolute atomic E-state index is 0.186. The molecule has 1 aliphatic carbocycles. The Bertz CT molecular complexity index is 1050. The van der Waals surface area contributed by atoms with Crippen LogP contribution in [0, 0.1) is 0 Å². The number of halogens is 1. The average Bonchev–Trinajstić information content (AvgIpc) is 3.56. The van der Waals surface area contributed by atoms with Gasteiger partial charge in [0.25, 0.3) is 5.91 Å². The van der Waals surface area contributed by atoms with Crippen LogP contribution in [0.2, 0.25) is 5.02 Å². The van der Waals surface area contributed by atoms with Gasteiger partial charge in [0.2, 0.25) is 0 Å². The number of rotatable bonds is 6. The summed E-state index contributed by atoms with van der Waals surface area (Å²) >= 11 is 5.97. The summed E-state index contributed by atoms with van der Waals surface area (Å²) in [6, 6.07) is 11.0. The first-order valence-corrected chi connectivity index (χ1v) is 9.81. The Morgan fingerprint density at radius 1 is 1.24 bits per heavy atom. The van der Waals surface area contributed by atoms with Crippen LogP contribution in [0.5, 0.6) is 5.75 Å². The van der Waals surface area contributed by atoms with Crippen molar-refractivity contribution in [2.75, 3.05) is 11.1 Å². The second kappa shape index (κ2) is 8.09. The van der Waals surface area contributed by atoms with Crippen molar-refractivity contribution in [3.63, 3.8) is 0 Å². The largest absolute Gasteiger partial charge is 0.482 e. The number of benzene rings is 1. The highest BCUT2D eigenvalue weighted by atomic mass is 35.5. The maximum absolute atomic E-state index is 12.6. The summed E-state index contributed by atoms with van der Waals surface area (Å²) in [7, 11) is 0. The molecule has 6 nitrogen and oxygen atoms in total. The number of hydrogen-bond acceptors (Lipinski definition) is 5. The standard InChI is InChI=1S/C22H21ClN4O2/c1-13(29-20-9-18(23)12-26-21(20)24)15-3-2-4-19(8-15)27-22(28)17-7-16(10-25-11-17)14-5-6-14/h2-4,7-14H,5-6H2,1H3,(H2,24,26)(H,27,28)/t13-/m1/s1. The Morgan fingerprint density at radius 3 is 2.86 bits per heavy atom. The van der Waals surface area contributed by atoms with E-state index in [1.165, 1.54) is 19.0 Å². The number of nitrogens with two attached hydrogens (primary N) is 1. The van der Waals surface area contributed by atoms with Gasteiger partial charge in [-0.3, -0.25) is 9.78 Å². The second-order valence-electron chi connectivity index (χ2n) is 7.16. The van der Waals surface area contributed by atoms with E-state index in [9.17, 15) is 4.79 Å². The minimum Gasteiger partial charge on any atom is -0.482 e. The molecule has 0 aliphatic heterocycles. The van der Waals surface area contributed by atoms with Gasteiger partial charge in [0.15, 0.2) is 11.6 Å². The fourth-order valence-electron chi connectivity index (χ4n) is 3.08. The van der Waals surface area contributed by atoms with Crippen molar-refractivity contribution in [1.82, 2.24) is 9.97 Å². The Kier molecular flexibility index (Phi) is 5.36. The molecule has 1 aliphatic rings. The minimum atomic E-state index is -0.311. The highest BCUT2D eigenvalue weighted by Gasteiger charge is 2.24. The number of nitrogens with one attached hydrogen (secondary N) is 1. The van der Waals surface area contributed by atoms with Crippen LogP contribution in [0.15, 0.2) is 55.0 Å². The summed E-state index contributed by atoms with van der Waals surface area (Å²) in [4.78, 5) is 20.8. The molecular formula is C22H21ClN4O2. The van der Waals surface area contributed by atoms with Gasteiger partial charge in [-0.05, 0) is 55.0 Å². The van der Waals surface area contributed by atoms with Gasteiger partial charge in [0, 0.05) is 30.3 Å². The first-order valence-electron chi connectivity index (χ1n) is 9.43. The number of aromatic nitrogens is 2. The van der Waals surface area contributed by atoms with Gasteiger partial charge in [0.05, 0.1) is 10.6 Å². The van der Waals surface area contributed by atoms with Crippen LogP contribution in [0.1, 0.15) is 53.3 Å². The number of anilines is 2. The van der Waals surface area contributed by atoms with Crippen molar-refractivity contribution in [2.24, 2.45) is 0 Å². The van der Waals surface area contributed by atoms with Gasteiger partial charge >= 0.3 is 0 Å². The molecule has 2 heterocycles. The Morgan fingerprint density at radius 2 is 2.07 bits per heavy atom. The predicted octanol–water partition coefficient (Wildman–Crippen LogP) is 4.98. The van der Waals surface area contributed by atoms with E-state index in [1.54, 1.807) is 12.3 Å². The van der Waals surface area contributed by atoms with Crippen LogP contribution in [0.25, 0.3) is 0 Å². The molecule has 2 aromatic heterocycles. The number of nitrogen functional groups attached to an aromatic ring is 1. The molecule has 29 heavy (non-hydrogen) atoms. The molecule has 0 spiro atoms. The number of hydrogen-bond donors (Lipinski definition) is 2. The second-order valence-corrected chi connectivity index (χ2v) is 7.59. The fraction of sp³-hybridized carbons (Fsp3) is 0.227. The molecule has 3 N–H and O–H groups in total. The van der Waals surface area contributed by atoms with E-state index in [1.807, 2.05) is 43.5 Å². The van der Waals surface area contributed by atoms with Crippen molar-refractivity contribution < 1.29 is 9.53 Å². The summed E-state index contributed by atoms with van der Waals surface area (Å²) in [5.41, 5.74) is 9.10. The van der Waals surface area contributed by atoms with Gasteiger partial charge in [-0.2, -0.15) is 0 Å². The molecule has 1 aromatic carbocycles. The molecule has 3 aromatic rings. The van der Waals surface area contributed by atoms with Gasteiger partial charge in [-0.1, -0.05) is 23.7 Å². The van der Waals surface area contributed by atoms with Crippen LogP contribution in [0.4, 0.5) is 11.5 Å². The first-order chi connectivity index (χ1) is 14.0. The lowest BCUT2D eigenvalue weighted by Crippen LogP contribution is -2.13. The number of carbonyl (C=O) groups is 1. The normalized spacial score (nSPS) is 14.3. The van der Waals surface area contributed by atoms with E-state index in [-0.39, 0.29) is 17.8 Å². The van der Waals surface area contributed by atoms with Crippen LogP contribution >= 0.6 is 11.6 Å². The Labute approximate surface area is 174 Å². The first kappa shape index (κ1) is 19.2. The SMILES string of the molecule is C[C@@H](Oc1cc(Cl)cnc1N)c1cccc(NC(=O)c2cncc(C3CC3)c2)c1. The third-order valence-corrected chi connectivity index (χ3v) is 5.04. The van der Waals surface area contributed by atoms with E-state index in [0.717, 1.165) is 11.1 Å². The third-order valence-electron chi connectivity index (χ3n) is 4.84. The number of ether oxygens (including phenoxy) is 1. The maximum Gasteiger partial charge on any atom is 0.257 e. The zero-order chi connectivity index (χ0) is 20.4. The smallest absolute Gasteiger partial charge is 0.257 e. The molecule has 0 bridgehead atoms. The quantitative estimate of drug-likeness (QED) is 0.600. The molecule has 0 unspecified atom stereocenters. The van der Waals surface area contributed by atoms with E-state index >= 15 is 0 Å². The highest BCUT2D eigenvalue weighted by Crippen LogP contribution is 2.39. The van der Waals surface area contributed by atoms with Crippen molar-refractivity contribution in [1.29, 1.82) is 0 Å². The Hall–Kier alpha value is -3.12. The monoisotopic (exact) mass is 408 g/mol. The van der Waals surface area contributed by atoms with Gasteiger partial charge in [0.1, 0.15) is 6.10 Å². The third kappa shape index (κ3) is 4.66. The molecule has 0 radical (unpaired) electrons. The molecule has 7 heteroatoms. The lowest BCUT2D eigenvalue weighted by molar-refractivity contribution is 0.102. The molecular weight excluding hydrogens is 388 g/mol. The lowest BCUT2D eigenvalue weighted by Gasteiger charge is -2.17. The molecule has 1 saturated carbocycles. The van der Waals surface area contributed by atoms with Gasteiger partial charge < -0.3 is 15.8 Å². The maximum atomic E-state index is 12.6. The lowest BCUT2D eigenvalue weighted by atomic mass is 10.1. The van der Waals surface area contributed by atoms with Crippen LogP contribution in [-0.2, 0) is 0 Å². The molecule has 148 valence electrons. The number of pyridine rings is 2. The zero-order valence-electron chi connectivity index (χ0n) is 15.9. The number of nitrogens with zero attached hydrogens (tertiary/aromatic N) is 2. The summed E-state index contributed by atoms with van der Waals surface area (Å²) < 4.78 is 5.91. The summed E-state index contributed by atoms with van der Waals surface area (Å²) in [5, 5.41) is 3.38. The number of carbonyl (C=O) groups excluding carboxylic acids is 1. The molecule has 1 atom stereocenters. The fourth-order valence-corrected chi connectivity index (χ4v) is 3.23. The zero-order valence-corrected chi connectivity index (χ0v) is 16.7. The van der Waals surface area contributed by atoms with Crippen molar-refractivity contribution in [3.05, 3.63) is 76.7 Å².